The van der Waals surface area contributed by atoms with Crippen LogP contribution < -0.4 is 0 Å². The molecule has 0 saturated heterocycles. The molecule has 0 radical (unpaired) electrons. The van der Waals surface area contributed by atoms with Crippen LogP contribution in [0.2, 0.25) is 0 Å². The molecule has 1 aliphatic carbocycles. The van der Waals surface area contributed by atoms with Crippen molar-refractivity contribution in [1.82, 2.24) is 4.98 Å². The number of pyridine rings is 1. The molecular weight excluding hydrogens is 294 g/mol. The highest BCUT2D eigenvalue weighted by Crippen LogP contribution is 2.41. The molecule has 18 heavy (non-hydrogen) atoms. The number of hydrogen-bond donors (Lipinski definition) is 2. The topological polar surface area (TPSA) is 53.4 Å². The molecule has 0 amide bonds. The summed E-state index contributed by atoms with van der Waals surface area (Å²) in [5.41, 5.74) is 0.533. The van der Waals surface area contributed by atoms with E-state index in [1.807, 2.05) is 12.1 Å². The van der Waals surface area contributed by atoms with Crippen LogP contribution in [0, 0.1) is 11.3 Å². The summed E-state index contributed by atoms with van der Waals surface area (Å²) in [6.07, 6.45) is 7.05. The first-order valence-electron chi connectivity index (χ1n) is 6.52. The molecule has 0 unspecified atom stereocenters. The van der Waals surface area contributed by atoms with Gasteiger partial charge in [-0.1, -0.05) is 12.8 Å². The monoisotopic (exact) mass is 313 g/mol. The van der Waals surface area contributed by atoms with Crippen LogP contribution in [0.15, 0.2) is 22.8 Å². The van der Waals surface area contributed by atoms with Gasteiger partial charge in [0.2, 0.25) is 0 Å². The SMILES string of the molecule is OCC(CO)(Cc1ccc(Br)cn1)C1CCCC1. The van der Waals surface area contributed by atoms with E-state index in [1.165, 1.54) is 12.8 Å². The summed E-state index contributed by atoms with van der Waals surface area (Å²) < 4.78 is 0.950. The van der Waals surface area contributed by atoms with E-state index in [9.17, 15) is 10.2 Å². The number of rotatable bonds is 5. The lowest BCUT2D eigenvalue weighted by Gasteiger charge is -2.35. The Morgan fingerprint density at radius 1 is 1.22 bits per heavy atom. The molecular formula is C14H20BrNO2. The molecule has 2 rings (SSSR count). The van der Waals surface area contributed by atoms with Gasteiger partial charge < -0.3 is 10.2 Å². The molecule has 0 spiro atoms. The van der Waals surface area contributed by atoms with Crippen molar-refractivity contribution >= 4 is 15.9 Å². The van der Waals surface area contributed by atoms with Gasteiger partial charge in [0.1, 0.15) is 0 Å². The second kappa shape index (κ2) is 6.13. The van der Waals surface area contributed by atoms with Crippen molar-refractivity contribution in [3.63, 3.8) is 0 Å². The molecule has 0 bridgehead atoms. The molecule has 1 heterocycles. The van der Waals surface area contributed by atoms with Crippen molar-refractivity contribution in [2.45, 2.75) is 32.1 Å². The minimum absolute atomic E-state index is 0.0336. The second-order valence-electron chi connectivity index (χ2n) is 5.30. The average molecular weight is 314 g/mol. The van der Waals surface area contributed by atoms with Crippen LogP contribution >= 0.6 is 15.9 Å². The first kappa shape index (κ1) is 14.0. The van der Waals surface area contributed by atoms with E-state index in [2.05, 4.69) is 20.9 Å². The average Bonchev–Trinajstić information content (AvgIpc) is 2.93. The van der Waals surface area contributed by atoms with Gasteiger partial charge in [0.05, 0.1) is 13.2 Å². The molecule has 0 aliphatic heterocycles. The fourth-order valence-corrected chi connectivity index (χ4v) is 3.21. The summed E-state index contributed by atoms with van der Waals surface area (Å²) in [6, 6.07) is 3.91. The summed E-state index contributed by atoms with van der Waals surface area (Å²) in [4.78, 5) is 4.36. The Morgan fingerprint density at radius 2 is 1.89 bits per heavy atom. The first-order chi connectivity index (χ1) is 8.70. The Hall–Kier alpha value is -0.450. The molecule has 1 aromatic heterocycles. The maximum absolute atomic E-state index is 9.76. The number of hydrogen-bond acceptors (Lipinski definition) is 3. The van der Waals surface area contributed by atoms with E-state index < -0.39 is 5.41 Å². The standard InChI is InChI=1S/C14H20BrNO2/c15-12-5-6-13(16-8-12)7-14(9-17,10-18)11-3-1-2-4-11/h5-6,8,11,17-18H,1-4,7,9-10H2. The molecule has 100 valence electrons. The van der Waals surface area contributed by atoms with Gasteiger partial charge in [-0.3, -0.25) is 4.98 Å². The minimum atomic E-state index is -0.405. The van der Waals surface area contributed by atoms with Crippen LogP contribution in [-0.4, -0.2) is 28.4 Å². The molecule has 0 atom stereocenters. The predicted molar refractivity (Wildman–Crippen MR) is 74.2 cm³/mol. The van der Waals surface area contributed by atoms with Crippen LogP contribution in [0.5, 0.6) is 0 Å². The van der Waals surface area contributed by atoms with Crippen LogP contribution in [-0.2, 0) is 6.42 Å². The molecule has 1 aromatic rings. The maximum Gasteiger partial charge on any atom is 0.0515 e. The molecule has 2 N–H and O–H groups in total. The van der Waals surface area contributed by atoms with E-state index >= 15 is 0 Å². The smallest absolute Gasteiger partial charge is 0.0515 e. The number of nitrogens with zero attached hydrogens (tertiary/aromatic N) is 1. The van der Waals surface area contributed by atoms with Gasteiger partial charge in [0, 0.05) is 21.8 Å². The predicted octanol–water partition coefficient (Wildman–Crippen LogP) is 2.55. The van der Waals surface area contributed by atoms with E-state index in [0.717, 1.165) is 23.0 Å². The van der Waals surface area contributed by atoms with Crippen molar-refractivity contribution in [3.05, 3.63) is 28.5 Å². The highest BCUT2D eigenvalue weighted by molar-refractivity contribution is 9.10. The summed E-state index contributed by atoms with van der Waals surface area (Å²) in [7, 11) is 0. The Kier molecular flexibility index (Phi) is 4.76. The Bertz CT molecular complexity index is 370. The number of aliphatic hydroxyl groups is 2. The molecule has 0 aromatic carbocycles. The van der Waals surface area contributed by atoms with Crippen molar-refractivity contribution in [2.24, 2.45) is 11.3 Å². The van der Waals surface area contributed by atoms with Crippen LogP contribution in [0.25, 0.3) is 0 Å². The fourth-order valence-electron chi connectivity index (χ4n) is 2.97. The third-order valence-corrected chi connectivity index (χ3v) is 4.64. The zero-order valence-corrected chi connectivity index (χ0v) is 12.1. The van der Waals surface area contributed by atoms with E-state index in [-0.39, 0.29) is 13.2 Å². The quantitative estimate of drug-likeness (QED) is 0.878. The van der Waals surface area contributed by atoms with E-state index in [1.54, 1.807) is 6.20 Å². The molecule has 4 heteroatoms. The number of aromatic nitrogens is 1. The molecule has 3 nitrogen and oxygen atoms in total. The van der Waals surface area contributed by atoms with Crippen LogP contribution in [0.3, 0.4) is 0 Å². The summed E-state index contributed by atoms with van der Waals surface area (Å²) in [5, 5.41) is 19.5. The maximum atomic E-state index is 9.76. The van der Waals surface area contributed by atoms with Crippen LogP contribution in [0.4, 0.5) is 0 Å². The minimum Gasteiger partial charge on any atom is -0.396 e. The Balaban J connectivity index is 2.16. The number of halogens is 1. The van der Waals surface area contributed by atoms with Crippen molar-refractivity contribution in [1.29, 1.82) is 0 Å². The third-order valence-electron chi connectivity index (χ3n) is 4.17. The van der Waals surface area contributed by atoms with Gasteiger partial charge in [-0.25, -0.2) is 0 Å². The number of aliphatic hydroxyl groups excluding tert-OH is 2. The summed E-state index contributed by atoms with van der Waals surface area (Å²) in [6.45, 7) is 0.0673. The van der Waals surface area contributed by atoms with Crippen molar-refractivity contribution < 1.29 is 10.2 Å². The second-order valence-corrected chi connectivity index (χ2v) is 6.22. The highest BCUT2D eigenvalue weighted by Gasteiger charge is 2.39. The van der Waals surface area contributed by atoms with Gasteiger partial charge in [-0.05, 0) is 53.2 Å². The van der Waals surface area contributed by atoms with Gasteiger partial charge in [-0.15, -0.1) is 0 Å². The lowest BCUT2D eigenvalue weighted by Crippen LogP contribution is -2.39. The first-order valence-corrected chi connectivity index (χ1v) is 7.31. The van der Waals surface area contributed by atoms with E-state index in [4.69, 9.17) is 0 Å². The van der Waals surface area contributed by atoms with Gasteiger partial charge in [0.15, 0.2) is 0 Å². The Labute approximate surface area is 116 Å². The van der Waals surface area contributed by atoms with Crippen LogP contribution in [0.1, 0.15) is 31.4 Å². The van der Waals surface area contributed by atoms with Crippen molar-refractivity contribution in [2.75, 3.05) is 13.2 Å². The molecule has 1 aliphatic rings. The fraction of sp³-hybridized carbons (Fsp3) is 0.643. The zero-order chi connectivity index (χ0) is 13.0. The normalized spacial score (nSPS) is 17.3. The highest BCUT2D eigenvalue weighted by atomic mass is 79.9. The lowest BCUT2D eigenvalue weighted by atomic mass is 9.72. The zero-order valence-electron chi connectivity index (χ0n) is 10.5. The van der Waals surface area contributed by atoms with Crippen molar-refractivity contribution in [3.8, 4) is 0 Å². The van der Waals surface area contributed by atoms with Gasteiger partial charge in [0.25, 0.3) is 0 Å². The Morgan fingerprint density at radius 3 is 2.39 bits per heavy atom. The third kappa shape index (κ3) is 2.92. The molecule has 1 fully saturated rings. The van der Waals surface area contributed by atoms with E-state index in [0.29, 0.717) is 12.3 Å². The molecule has 1 saturated carbocycles. The lowest BCUT2D eigenvalue weighted by molar-refractivity contribution is 0.00496. The largest absolute Gasteiger partial charge is 0.396 e. The summed E-state index contributed by atoms with van der Waals surface area (Å²) in [5.74, 6) is 0.415. The van der Waals surface area contributed by atoms with Gasteiger partial charge in [-0.2, -0.15) is 0 Å². The summed E-state index contributed by atoms with van der Waals surface area (Å²) >= 11 is 3.36. The van der Waals surface area contributed by atoms with Gasteiger partial charge >= 0.3 is 0 Å².